The van der Waals surface area contributed by atoms with Crippen molar-refractivity contribution in [2.24, 2.45) is 5.92 Å². The van der Waals surface area contributed by atoms with Crippen LogP contribution in [0.4, 0.5) is 11.6 Å². The van der Waals surface area contributed by atoms with Crippen LogP contribution in [-0.2, 0) is 0 Å². The first-order valence-corrected chi connectivity index (χ1v) is 6.85. The van der Waals surface area contributed by atoms with Crippen molar-refractivity contribution in [3.63, 3.8) is 0 Å². The minimum absolute atomic E-state index is 0.0433. The van der Waals surface area contributed by atoms with E-state index in [-0.39, 0.29) is 11.6 Å². The Morgan fingerprint density at radius 1 is 1.40 bits per heavy atom. The predicted molar refractivity (Wildman–Crippen MR) is 77.2 cm³/mol. The Morgan fingerprint density at radius 2 is 2.10 bits per heavy atom. The highest BCUT2D eigenvalue weighted by Gasteiger charge is 2.23. The lowest BCUT2D eigenvalue weighted by Crippen LogP contribution is -2.11. The summed E-state index contributed by atoms with van der Waals surface area (Å²) in [7, 11) is 0. The van der Waals surface area contributed by atoms with Crippen molar-refractivity contribution in [1.29, 1.82) is 0 Å². The number of hydrogen-bond donors (Lipinski definition) is 1. The van der Waals surface area contributed by atoms with Crippen LogP contribution in [0.3, 0.4) is 0 Å². The number of ether oxygens (including phenoxy) is 1. The van der Waals surface area contributed by atoms with Crippen LogP contribution in [0.2, 0.25) is 0 Å². The second-order valence-electron chi connectivity index (χ2n) is 5.00. The molecule has 20 heavy (non-hydrogen) atoms. The highest BCUT2D eigenvalue weighted by atomic mass is 16.6. The van der Waals surface area contributed by atoms with Gasteiger partial charge in [-0.15, -0.1) is 0 Å². The highest BCUT2D eigenvalue weighted by molar-refractivity contribution is 5.48. The fourth-order valence-corrected chi connectivity index (χ4v) is 1.56. The van der Waals surface area contributed by atoms with Gasteiger partial charge in [0, 0.05) is 6.54 Å². The maximum atomic E-state index is 11.1. The van der Waals surface area contributed by atoms with Crippen LogP contribution >= 0.6 is 0 Å². The van der Waals surface area contributed by atoms with E-state index in [1.165, 1.54) is 0 Å². The van der Waals surface area contributed by atoms with Crippen LogP contribution in [0.15, 0.2) is 0 Å². The van der Waals surface area contributed by atoms with E-state index in [4.69, 9.17) is 4.74 Å². The van der Waals surface area contributed by atoms with E-state index in [0.717, 1.165) is 12.8 Å². The number of aryl methyl sites for hydroxylation is 1. The van der Waals surface area contributed by atoms with E-state index in [1.807, 2.05) is 6.92 Å². The van der Waals surface area contributed by atoms with E-state index in [2.05, 4.69) is 29.1 Å². The van der Waals surface area contributed by atoms with Crippen LogP contribution in [0.1, 0.15) is 39.3 Å². The first kappa shape index (κ1) is 16.1. The minimum atomic E-state index is -0.496. The van der Waals surface area contributed by atoms with Crippen LogP contribution in [0.25, 0.3) is 0 Å². The van der Waals surface area contributed by atoms with Crippen molar-refractivity contribution in [3.05, 3.63) is 15.8 Å². The standard InChI is InChI=1S/C13H22N4O3/c1-5-7-14-13-15-10(4)11(17(18)19)12(16-13)20-8-6-9(2)3/h9H,5-8H2,1-4H3,(H,14,15,16). The molecule has 1 aromatic rings. The zero-order valence-corrected chi connectivity index (χ0v) is 12.5. The Labute approximate surface area is 118 Å². The van der Waals surface area contributed by atoms with Crippen molar-refractivity contribution >= 4 is 11.6 Å². The van der Waals surface area contributed by atoms with Crippen LogP contribution < -0.4 is 10.1 Å². The lowest BCUT2D eigenvalue weighted by Gasteiger charge is -2.10. The molecule has 0 aromatic carbocycles. The molecule has 0 saturated carbocycles. The topological polar surface area (TPSA) is 90.2 Å². The van der Waals surface area contributed by atoms with E-state index in [1.54, 1.807) is 6.92 Å². The maximum Gasteiger partial charge on any atom is 0.352 e. The molecule has 0 aliphatic carbocycles. The van der Waals surface area contributed by atoms with Gasteiger partial charge >= 0.3 is 5.69 Å². The highest BCUT2D eigenvalue weighted by Crippen LogP contribution is 2.28. The molecule has 1 heterocycles. The molecule has 1 N–H and O–H groups in total. The maximum absolute atomic E-state index is 11.1. The summed E-state index contributed by atoms with van der Waals surface area (Å²) in [4.78, 5) is 18.8. The van der Waals surface area contributed by atoms with Gasteiger partial charge in [-0.25, -0.2) is 4.98 Å². The summed E-state index contributed by atoms with van der Waals surface area (Å²) < 4.78 is 5.48. The van der Waals surface area contributed by atoms with Gasteiger partial charge in [0.15, 0.2) is 0 Å². The first-order chi connectivity index (χ1) is 9.45. The van der Waals surface area contributed by atoms with Crippen LogP contribution in [-0.4, -0.2) is 28.0 Å². The Bertz CT molecular complexity index is 463. The van der Waals surface area contributed by atoms with E-state index < -0.39 is 4.92 Å². The second kappa shape index (κ2) is 7.62. The minimum Gasteiger partial charge on any atom is -0.473 e. The zero-order valence-electron chi connectivity index (χ0n) is 12.5. The van der Waals surface area contributed by atoms with Gasteiger partial charge in [-0.2, -0.15) is 4.98 Å². The summed E-state index contributed by atoms with van der Waals surface area (Å²) in [5.41, 5.74) is 0.152. The fourth-order valence-electron chi connectivity index (χ4n) is 1.56. The van der Waals surface area contributed by atoms with E-state index in [0.29, 0.717) is 30.7 Å². The molecule has 0 spiro atoms. The lowest BCUT2D eigenvalue weighted by molar-refractivity contribution is -0.387. The van der Waals surface area contributed by atoms with Crippen LogP contribution in [0, 0.1) is 23.0 Å². The van der Waals surface area contributed by atoms with Gasteiger partial charge in [0.25, 0.3) is 5.88 Å². The average molecular weight is 282 g/mol. The molecule has 0 unspecified atom stereocenters. The summed E-state index contributed by atoms with van der Waals surface area (Å²) >= 11 is 0. The molecule has 112 valence electrons. The third kappa shape index (κ3) is 4.64. The Kier molecular flexibility index (Phi) is 6.14. The van der Waals surface area contributed by atoms with Crippen molar-refractivity contribution in [1.82, 2.24) is 9.97 Å². The molecule has 0 aliphatic rings. The number of nitrogens with zero attached hydrogens (tertiary/aromatic N) is 3. The number of aromatic nitrogens is 2. The zero-order chi connectivity index (χ0) is 15.1. The van der Waals surface area contributed by atoms with Crippen molar-refractivity contribution in [2.75, 3.05) is 18.5 Å². The molecule has 0 aliphatic heterocycles. The lowest BCUT2D eigenvalue weighted by atomic mass is 10.1. The molecule has 1 aromatic heterocycles. The number of rotatable bonds is 8. The molecule has 0 fully saturated rings. The quantitative estimate of drug-likeness (QED) is 0.582. The average Bonchev–Trinajstić information content (AvgIpc) is 2.34. The van der Waals surface area contributed by atoms with E-state index >= 15 is 0 Å². The van der Waals surface area contributed by atoms with Gasteiger partial charge in [0.05, 0.1) is 11.5 Å². The molecule has 0 radical (unpaired) electrons. The fraction of sp³-hybridized carbons (Fsp3) is 0.692. The summed E-state index contributed by atoms with van der Waals surface area (Å²) in [5, 5.41) is 14.1. The molecule has 1 rings (SSSR count). The number of nitrogens with one attached hydrogen (secondary N) is 1. The second-order valence-corrected chi connectivity index (χ2v) is 5.00. The van der Waals surface area contributed by atoms with Gasteiger partial charge in [-0.3, -0.25) is 10.1 Å². The van der Waals surface area contributed by atoms with Gasteiger partial charge in [-0.05, 0) is 25.7 Å². The molecular formula is C13H22N4O3. The van der Waals surface area contributed by atoms with Crippen LogP contribution in [0.5, 0.6) is 5.88 Å². The molecule has 0 saturated heterocycles. The number of nitro groups is 1. The number of hydrogen-bond acceptors (Lipinski definition) is 6. The van der Waals surface area contributed by atoms with Gasteiger partial charge in [-0.1, -0.05) is 20.8 Å². The summed E-state index contributed by atoms with van der Waals surface area (Å²) in [6.07, 6.45) is 1.74. The molecule has 0 bridgehead atoms. The third-order valence-corrected chi connectivity index (χ3v) is 2.68. The summed E-state index contributed by atoms with van der Waals surface area (Å²) in [6.45, 7) is 8.86. The van der Waals surface area contributed by atoms with Gasteiger partial charge < -0.3 is 10.1 Å². The largest absolute Gasteiger partial charge is 0.473 e. The molecule has 7 nitrogen and oxygen atoms in total. The smallest absolute Gasteiger partial charge is 0.352 e. The van der Waals surface area contributed by atoms with Gasteiger partial charge in [0.1, 0.15) is 5.69 Å². The van der Waals surface area contributed by atoms with Crippen molar-refractivity contribution in [3.8, 4) is 5.88 Å². The summed E-state index contributed by atoms with van der Waals surface area (Å²) in [5.74, 6) is 0.880. The monoisotopic (exact) mass is 282 g/mol. The first-order valence-electron chi connectivity index (χ1n) is 6.85. The molecule has 7 heteroatoms. The Hall–Kier alpha value is -1.92. The Balaban J connectivity index is 2.96. The SMILES string of the molecule is CCCNc1nc(C)c([N+](=O)[O-])c(OCCC(C)C)n1. The Morgan fingerprint density at radius 3 is 2.65 bits per heavy atom. The van der Waals surface area contributed by atoms with Crippen molar-refractivity contribution in [2.45, 2.75) is 40.5 Å². The molecular weight excluding hydrogens is 260 g/mol. The summed E-state index contributed by atoms with van der Waals surface area (Å²) in [6, 6.07) is 0. The normalized spacial score (nSPS) is 10.7. The van der Waals surface area contributed by atoms with Crippen molar-refractivity contribution < 1.29 is 9.66 Å². The van der Waals surface area contributed by atoms with E-state index in [9.17, 15) is 10.1 Å². The van der Waals surface area contributed by atoms with Gasteiger partial charge in [0.2, 0.25) is 5.95 Å². The predicted octanol–water partition coefficient (Wildman–Crippen LogP) is 2.94. The molecule has 0 amide bonds. The number of anilines is 1. The molecule has 0 atom stereocenters. The third-order valence-electron chi connectivity index (χ3n) is 2.68.